The second-order valence-corrected chi connectivity index (χ2v) is 8.17. The number of non-ortho nitro benzene ring substituents is 1. The minimum atomic E-state index is -2.99. The number of sulfone groups is 1. The van der Waals surface area contributed by atoms with Crippen LogP contribution in [0.3, 0.4) is 0 Å². The second-order valence-electron chi connectivity index (χ2n) is 5.94. The van der Waals surface area contributed by atoms with E-state index in [1.165, 1.54) is 12.1 Å². The summed E-state index contributed by atoms with van der Waals surface area (Å²) >= 11 is 0. The lowest BCUT2D eigenvalue weighted by Gasteiger charge is -2.30. The van der Waals surface area contributed by atoms with Crippen LogP contribution in [-0.2, 0) is 16.4 Å². The van der Waals surface area contributed by atoms with Crippen molar-refractivity contribution in [3.05, 3.63) is 70.3 Å². The summed E-state index contributed by atoms with van der Waals surface area (Å²) in [6, 6.07) is 16.0. The molecule has 1 saturated heterocycles. The summed E-state index contributed by atoms with van der Waals surface area (Å²) in [4.78, 5) is 12.4. The van der Waals surface area contributed by atoms with Gasteiger partial charge in [0.2, 0.25) is 0 Å². The Morgan fingerprint density at radius 2 is 1.75 bits per heavy atom. The average Bonchev–Trinajstić information content (AvgIpc) is 2.93. The normalized spacial score (nSPS) is 19.1. The summed E-state index contributed by atoms with van der Waals surface area (Å²) < 4.78 is 23.7. The van der Waals surface area contributed by atoms with Crippen molar-refractivity contribution < 1.29 is 13.3 Å². The molecule has 1 aliphatic heterocycles. The lowest BCUT2D eigenvalue weighted by atomic mass is 10.1. The Morgan fingerprint density at radius 3 is 2.29 bits per heavy atom. The lowest BCUT2D eigenvalue weighted by molar-refractivity contribution is -0.384. The van der Waals surface area contributed by atoms with Gasteiger partial charge in [0.15, 0.2) is 9.84 Å². The van der Waals surface area contributed by atoms with Crippen molar-refractivity contribution in [2.75, 3.05) is 16.4 Å². The largest absolute Gasteiger partial charge is 0.363 e. The van der Waals surface area contributed by atoms with Gasteiger partial charge in [-0.1, -0.05) is 30.3 Å². The fraction of sp³-hybridized carbons (Fsp3) is 0.294. The maximum absolute atomic E-state index is 11.8. The van der Waals surface area contributed by atoms with Gasteiger partial charge in [-0.05, 0) is 24.1 Å². The highest BCUT2D eigenvalue weighted by Crippen LogP contribution is 2.26. The van der Waals surface area contributed by atoms with E-state index in [-0.39, 0.29) is 23.2 Å². The summed E-state index contributed by atoms with van der Waals surface area (Å²) in [7, 11) is -2.99. The molecule has 0 aromatic heterocycles. The van der Waals surface area contributed by atoms with Gasteiger partial charge < -0.3 is 4.90 Å². The van der Waals surface area contributed by atoms with E-state index in [0.717, 1.165) is 11.3 Å². The molecule has 0 saturated carbocycles. The van der Waals surface area contributed by atoms with Gasteiger partial charge >= 0.3 is 0 Å². The standard InChI is InChI=1S/C17H18N2O4S/c20-19(21)16-8-6-14(7-9-16)12-18(15-4-2-1-3-5-15)17-10-11-24(22,23)13-17/h1-9,17H,10-13H2/t17-/m0/s1. The number of para-hydroxylation sites is 1. The Labute approximate surface area is 140 Å². The third-order valence-corrected chi connectivity index (χ3v) is 5.99. The van der Waals surface area contributed by atoms with Crippen LogP contribution >= 0.6 is 0 Å². The van der Waals surface area contributed by atoms with Gasteiger partial charge in [0.05, 0.1) is 16.4 Å². The van der Waals surface area contributed by atoms with Crippen LogP contribution in [0.5, 0.6) is 0 Å². The van der Waals surface area contributed by atoms with E-state index in [1.54, 1.807) is 12.1 Å². The molecule has 126 valence electrons. The first-order valence-corrected chi connectivity index (χ1v) is 9.52. The molecule has 0 spiro atoms. The zero-order valence-corrected chi connectivity index (χ0v) is 13.9. The molecule has 1 atom stereocenters. The number of nitrogens with zero attached hydrogens (tertiary/aromatic N) is 2. The number of rotatable bonds is 5. The van der Waals surface area contributed by atoms with Gasteiger partial charge in [-0.15, -0.1) is 0 Å². The maximum Gasteiger partial charge on any atom is 0.269 e. The topological polar surface area (TPSA) is 80.5 Å². The quantitative estimate of drug-likeness (QED) is 0.614. The molecule has 0 unspecified atom stereocenters. The lowest BCUT2D eigenvalue weighted by Crippen LogP contribution is -2.35. The van der Waals surface area contributed by atoms with Gasteiger partial charge in [0.1, 0.15) is 0 Å². The minimum Gasteiger partial charge on any atom is -0.363 e. The number of nitro benzene ring substituents is 1. The highest BCUT2D eigenvalue weighted by molar-refractivity contribution is 7.91. The van der Waals surface area contributed by atoms with Crippen molar-refractivity contribution in [1.29, 1.82) is 0 Å². The first kappa shape index (κ1) is 16.4. The van der Waals surface area contributed by atoms with Crippen LogP contribution in [0, 0.1) is 10.1 Å². The summed E-state index contributed by atoms with van der Waals surface area (Å²) in [5, 5.41) is 10.8. The molecule has 1 heterocycles. The summed E-state index contributed by atoms with van der Waals surface area (Å²) in [5.41, 5.74) is 1.92. The van der Waals surface area contributed by atoms with E-state index in [9.17, 15) is 18.5 Å². The zero-order valence-electron chi connectivity index (χ0n) is 13.0. The van der Waals surface area contributed by atoms with Crippen LogP contribution in [0.4, 0.5) is 11.4 Å². The van der Waals surface area contributed by atoms with E-state index in [2.05, 4.69) is 4.90 Å². The fourth-order valence-electron chi connectivity index (χ4n) is 2.99. The van der Waals surface area contributed by atoms with Crippen molar-refractivity contribution in [2.45, 2.75) is 19.0 Å². The van der Waals surface area contributed by atoms with Gasteiger partial charge in [-0.2, -0.15) is 0 Å². The molecule has 0 radical (unpaired) electrons. The van der Waals surface area contributed by atoms with Crippen LogP contribution in [0.2, 0.25) is 0 Å². The fourth-order valence-corrected chi connectivity index (χ4v) is 4.72. The number of nitro groups is 1. The molecule has 3 rings (SSSR count). The van der Waals surface area contributed by atoms with E-state index in [1.807, 2.05) is 30.3 Å². The highest BCUT2D eigenvalue weighted by atomic mass is 32.2. The molecule has 6 nitrogen and oxygen atoms in total. The van der Waals surface area contributed by atoms with Crippen LogP contribution in [0.25, 0.3) is 0 Å². The Kier molecular flexibility index (Phi) is 4.53. The van der Waals surface area contributed by atoms with Crippen LogP contribution in [0.1, 0.15) is 12.0 Å². The predicted octanol–water partition coefficient (Wildman–Crippen LogP) is 2.79. The van der Waals surface area contributed by atoms with Crippen molar-refractivity contribution in [1.82, 2.24) is 0 Å². The van der Waals surface area contributed by atoms with Gasteiger partial charge in [0.25, 0.3) is 5.69 Å². The summed E-state index contributed by atoms with van der Waals surface area (Å²) in [5.74, 6) is 0.357. The summed E-state index contributed by atoms with van der Waals surface area (Å²) in [6.45, 7) is 0.516. The van der Waals surface area contributed by atoms with E-state index in [4.69, 9.17) is 0 Å². The Balaban J connectivity index is 1.86. The van der Waals surface area contributed by atoms with Crippen LogP contribution in [0.15, 0.2) is 54.6 Å². The molecule has 1 aliphatic rings. The molecule has 0 bridgehead atoms. The Morgan fingerprint density at radius 1 is 1.08 bits per heavy atom. The smallest absolute Gasteiger partial charge is 0.269 e. The third-order valence-electron chi connectivity index (χ3n) is 4.24. The highest BCUT2D eigenvalue weighted by Gasteiger charge is 2.32. The molecule has 0 aliphatic carbocycles. The molecular weight excluding hydrogens is 328 g/mol. The third kappa shape index (κ3) is 3.73. The molecule has 0 amide bonds. The zero-order chi connectivity index (χ0) is 17.2. The van der Waals surface area contributed by atoms with Crippen LogP contribution < -0.4 is 4.90 Å². The maximum atomic E-state index is 11.8. The predicted molar refractivity (Wildman–Crippen MR) is 92.8 cm³/mol. The van der Waals surface area contributed by atoms with Gasteiger partial charge in [0, 0.05) is 30.4 Å². The van der Waals surface area contributed by atoms with Crippen molar-refractivity contribution in [2.24, 2.45) is 0 Å². The van der Waals surface area contributed by atoms with E-state index < -0.39 is 14.8 Å². The van der Waals surface area contributed by atoms with Gasteiger partial charge in [-0.25, -0.2) is 8.42 Å². The molecule has 1 fully saturated rings. The SMILES string of the molecule is O=[N+]([O-])c1ccc(CN(c2ccccc2)[C@H]2CCS(=O)(=O)C2)cc1. The van der Waals surface area contributed by atoms with E-state index in [0.29, 0.717) is 13.0 Å². The van der Waals surface area contributed by atoms with Crippen molar-refractivity contribution >= 4 is 21.2 Å². The van der Waals surface area contributed by atoms with Crippen molar-refractivity contribution in [3.63, 3.8) is 0 Å². The molecule has 7 heteroatoms. The molecular formula is C17H18N2O4S. The Hall–Kier alpha value is -2.41. The van der Waals surface area contributed by atoms with E-state index >= 15 is 0 Å². The molecule has 24 heavy (non-hydrogen) atoms. The van der Waals surface area contributed by atoms with Crippen LogP contribution in [-0.4, -0.2) is 30.9 Å². The summed E-state index contributed by atoms with van der Waals surface area (Å²) in [6.07, 6.45) is 0.601. The Bertz CT molecular complexity index is 819. The van der Waals surface area contributed by atoms with Gasteiger partial charge in [-0.3, -0.25) is 10.1 Å². The van der Waals surface area contributed by atoms with Crippen molar-refractivity contribution in [3.8, 4) is 0 Å². The molecule has 2 aromatic carbocycles. The minimum absolute atomic E-state index is 0.0495. The first-order valence-electron chi connectivity index (χ1n) is 7.70. The molecule has 0 N–H and O–H groups in total. The monoisotopic (exact) mass is 346 g/mol. The number of benzene rings is 2. The molecule has 2 aromatic rings. The number of anilines is 1. The second kappa shape index (κ2) is 6.60. The number of hydrogen-bond donors (Lipinski definition) is 0. The average molecular weight is 346 g/mol. The number of hydrogen-bond acceptors (Lipinski definition) is 5. The first-order chi connectivity index (χ1) is 11.4.